The van der Waals surface area contributed by atoms with Gasteiger partial charge in [0.1, 0.15) is 0 Å². The van der Waals surface area contributed by atoms with Gasteiger partial charge in [-0.05, 0) is 29.6 Å². The van der Waals surface area contributed by atoms with E-state index in [1.54, 1.807) is 0 Å². The second-order valence-electron chi connectivity index (χ2n) is 10.9. The summed E-state index contributed by atoms with van der Waals surface area (Å²) in [6, 6.07) is 0. The molecule has 0 aromatic carbocycles. The molecule has 0 spiro atoms. The molecule has 0 fully saturated rings. The van der Waals surface area contributed by atoms with Crippen LogP contribution in [0.25, 0.3) is 0 Å². The van der Waals surface area contributed by atoms with E-state index in [-0.39, 0.29) is 0 Å². The monoisotopic (exact) mass is 419 g/mol. The molecule has 0 aliphatic carbocycles. The Bertz CT molecular complexity index is 178. The molecule has 0 heteroatoms. The first kappa shape index (κ1) is 43.0. The second kappa shape index (κ2) is 35.4. The fourth-order valence-corrected chi connectivity index (χ4v) is 2.08. The third-order valence-electron chi connectivity index (χ3n) is 2.87. The summed E-state index contributed by atoms with van der Waals surface area (Å²) in [5.74, 6) is 0.898. The highest BCUT2D eigenvalue weighted by Gasteiger charge is 2.06. The molecule has 186 valence electrons. The van der Waals surface area contributed by atoms with Crippen molar-refractivity contribution in [2.24, 2.45) is 16.7 Å². The van der Waals surface area contributed by atoms with Gasteiger partial charge in [0.05, 0.1) is 0 Å². The molecule has 0 unspecified atom stereocenters. The molecule has 0 nitrogen and oxygen atoms in total. The third-order valence-corrected chi connectivity index (χ3v) is 2.87. The van der Waals surface area contributed by atoms with Crippen LogP contribution in [0.5, 0.6) is 0 Å². The van der Waals surface area contributed by atoms with Gasteiger partial charge in [-0.25, -0.2) is 0 Å². The van der Waals surface area contributed by atoms with Crippen molar-refractivity contribution in [1.29, 1.82) is 0 Å². The molecular weight excluding hydrogens is 348 g/mol. The molecule has 0 bridgehead atoms. The Morgan fingerprint density at radius 3 is 0.655 bits per heavy atom. The van der Waals surface area contributed by atoms with Gasteiger partial charge in [-0.3, -0.25) is 0 Å². The normalized spacial score (nSPS) is 9.72. The Morgan fingerprint density at radius 2 is 0.655 bits per heavy atom. The minimum Gasteiger partial charge on any atom is -0.0656 e. The van der Waals surface area contributed by atoms with Crippen molar-refractivity contribution in [3.8, 4) is 0 Å². The van der Waals surface area contributed by atoms with Crippen LogP contribution in [0.3, 0.4) is 0 Å². The molecule has 0 aromatic rings. The predicted octanol–water partition coefficient (Wildman–Crippen LogP) is 12.4. The summed E-state index contributed by atoms with van der Waals surface area (Å²) in [6.07, 6.45) is 11.8. The van der Waals surface area contributed by atoms with E-state index in [0.717, 1.165) is 5.92 Å². The van der Waals surface area contributed by atoms with E-state index in [2.05, 4.69) is 118 Å². The van der Waals surface area contributed by atoms with Crippen LogP contribution < -0.4 is 0 Å². The smallest absolute Gasteiger partial charge is 0.0383 e. The quantitative estimate of drug-likeness (QED) is 0.425. The third kappa shape index (κ3) is 156. The Hall–Kier alpha value is 0. The molecule has 0 aliphatic rings. The highest BCUT2D eigenvalue weighted by molar-refractivity contribution is 4.58. The summed E-state index contributed by atoms with van der Waals surface area (Å²) in [5.41, 5.74) is 1.10. The maximum absolute atomic E-state index is 2.27. The summed E-state index contributed by atoms with van der Waals surface area (Å²) in [7, 11) is 0. The van der Waals surface area contributed by atoms with E-state index in [0.29, 0.717) is 10.8 Å². The lowest BCUT2D eigenvalue weighted by molar-refractivity contribution is 0.373. The van der Waals surface area contributed by atoms with Crippen LogP contribution in [-0.4, -0.2) is 0 Å². The molecule has 0 atom stereocenters. The standard InChI is InChI=1S/2C7H16.C6H14.3C3H8/c2*1-5-6-7(2,3)4;1-4-5-6(2)3;3*1-3-2/h2*5-6H2,1-4H3;6H,4-5H2,1-3H3;3*3H2,1-2H3. The molecule has 0 heterocycles. The fraction of sp³-hybridized carbons (Fsp3) is 1.00. The van der Waals surface area contributed by atoms with Gasteiger partial charge in [-0.15, -0.1) is 0 Å². The predicted molar refractivity (Wildman–Crippen MR) is 146 cm³/mol. The maximum Gasteiger partial charge on any atom is -0.0383 e. The van der Waals surface area contributed by atoms with Crippen molar-refractivity contribution in [1.82, 2.24) is 0 Å². The Labute approximate surface area is 192 Å². The van der Waals surface area contributed by atoms with Gasteiger partial charge in [0, 0.05) is 0 Å². The minimum atomic E-state index is 0.550. The molecule has 0 aliphatic heterocycles. The van der Waals surface area contributed by atoms with Crippen LogP contribution in [0, 0.1) is 16.7 Å². The molecule has 0 rings (SSSR count). The van der Waals surface area contributed by atoms with Crippen molar-refractivity contribution in [3.63, 3.8) is 0 Å². The van der Waals surface area contributed by atoms with Crippen LogP contribution in [0.2, 0.25) is 0 Å². The van der Waals surface area contributed by atoms with E-state index in [1.165, 1.54) is 57.8 Å². The lowest BCUT2D eigenvalue weighted by atomic mass is 9.91. The lowest BCUT2D eigenvalue weighted by Gasteiger charge is -2.15. The highest BCUT2D eigenvalue weighted by Crippen LogP contribution is 2.19. The van der Waals surface area contributed by atoms with Crippen molar-refractivity contribution in [2.45, 2.75) is 175 Å². The summed E-state index contributed by atoms with van der Waals surface area (Å²) in [4.78, 5) is 0. The fourth-order valence-electron chi connectivity index (χ4n) is 2.08. The Morgan fingerprint density at radius 1 is 0.448 bits per heavy atom. The molecule has 0 N–H and O–H groups in total. The maximum atomic E-state index is 2.27. The summed E-state index contributed by atoms with van der Waals surface area (Å²) >= 11 is 0. The zero-order valence-electron chi connectivity index (χ0n) is 24.9. The van der Waals surface area contributed by atoms with Gasteiger partial charge in [0.25, 0.3) is 0 Å². The second-order valence-corrected chi connectivity index (χ2v) is 10.9. The van der Waals surface area contributed by atoms with Crippen molar-refractivity contribution < 1.29 is 0 Å². The first-order valence-corrected chi connectivity index (χ1v) is 13.1. The lowest BCUT2D eigenvalue weighted by Crippen LogP contribution is -2.02. The molecule has 0 saturated heterocycles. The van der Waals surface area contributed by atoms with Crippen LogP contribution in [0.15, 0.2) is 0 Å². The molecule has 29 heavy (non-hydrogen) atoms. The molecule has 0 amide bonds. The van der Waals surface area contributed by atoms with Crippen molar-refractivity contribution in [3.05, 3.63) is 0 Å². The van der Waals surface area contributed by atoms with E-state index >= 15 is 0 Å². The molecular formula is C29H70. The highest BCUT2D eigenvalue weighted by atomic mass is 14.1. The number of hydrogen-bond acceptors (Lipinski definition) is 0. The number of rotatable bonds is 4. The summed E-state index contributed by atoms with van der Waals surface area (Å²) in [6.45, 7) is 37.6. The van der Waals surface area contributed by atoms with Gasteiger partial charge >= 0.3 is 0 Å². The molecule has 0 saturated carbocycles. The van der Waals surface area contributed by atoms with Gasteiger partial charge in [-0.1, -0.05) is 163 Å². The van der Waals surface area contributed by atoms with Crippen LogP contribution in [-0.2, 0) is 0 Å². The largest absolute Gasteiger partial charge is 0.0656 e. The van der Waals surface area contributed by atoms with E-state index in [9.17, 15) is 0 Å². The first-order chi connectivity index (χ1) is 13.1. The van der Waals surface area contributed by atoms with E-state index in [1.807, 2.05) is 0 Å². The first-order valence-electron chi connectivity index (χ1n) is 13.1. The van der Waals surface area contributed by atoms with Gasteiger partial charge in [0.2, 0.25) is 0 Å². The van der Waals surface area contributed by atoms with E-state index in [4.69, 9.17) is 0 Å². The van der Waals surface area contributed by atoms with E-state index < -0.39 is 0 Å². The zero-order valence-corrected chi connectivity index (χ0v) is 24.9. The summed E-state index contributed by atoms with van der Waals surface area (Å²) < 4.78 is 0. The molecule has 0 radical (unpaired) electrons. The van der Waals surface area contributed by atoms with Crippen LogP contribution in [0.4, 0.5) is 0 Å². The SMILES string of the molecule is CCC.CCC.CCC.CCCC(C)(C)C.CCCC(C)(C)C.CCCC(C)C. The van der Waals surface area contributed by atoms with Crippen LogP contribution >= 0.6 is 0 Å². The Kier molecular flexibility index (Phi) is 52.5. The Balaban J connectivity index is -0.0000000571. The minimum absolute atomic E-state index is 0.550. The summed E-state index contributed by atoms with van der Waals surface area (Å²) in [5, 5.41) is 0. The van der Waals surface area contributed by atoms with Gasteiger partial charge in [0.15, 0.2) is 0 Å². The average molecular weight is 419 g/mol. The topological polar surface area (TPSA) is 0 Å². The zero-order chi connectivity index (χ0) is 24.9. The van der Waals surface area contributed by atoms with Crippen molar-refractivity contribution >= 4 is 0 Å². The van der Waals surface area contributed by atoms with Crippen LogP contribution in [0.1, 0.15) is 175 Å². The number of hydrogen-bond donors (Lipinski definition) is 0. The average Bonchev–Trinajstić information content (AvgIpc) is 2.48. The van der Waals surface area contributed by atoms with Gasteiger partial charge < -0.3 is 0 Å². The molecule has 0 aromatic heterocycles. The van der Waals surface area contributed by atoms with Gasteiger partial charge in [-0.2, -0.15) is 0 Å². The van der Waals surface area contributed by atoms with Crippen molar-refractivity contribution in [2.75, 3.05) is 0 Å².